The standard InChI is InChI=1S/C15H18O3/c16-10-5-7-13-6-1-2-9-15(13)18-12-14-8-3-4-11-17-14/h1-2,6,9,14,16H,3-4,8,10-12H2. The minimum Gasteiger partial charge on any atom is -0.490 e. The van der Waals surface area contributed by atoms with Gasteiger partial charge >= 0.3 is 0 Å². The van der Waals surface area contributed by atoms with Crippen molar-refractivity contribution in [1.82, 2.24) is 0 Å². The maximum Gasteiger partial charge on any atom is 0.135 e. The van der Waals surface area contributed by atoms with Crippen molar-refractivity contribution < 1.29 is 14.6 Å². The monoisotopic (exact) mass is 246 g/mol. The van der Waals surface area contributed by atoms with Crippen molar-refractivity contribution in [3.8, 4) is 17.6 Å². The van der Waals surface area contributed by atoms with Crippen LogP contribution in [-0.4, -0.2) is 31.0 Å². The molecule has 18 heavy (non-hydrogen) atoms. The average molecular weight is 246 g/mol. The molecule has 1 aromatic rings. The van der Waals surface area contributed by atoms with E-state index in [0.29, 0.717) is 6.61 Å². The molecule has 1 N–H and O–H groups in total. The highest BCUT2D eigenvalue weighted by Crippen LogP contribution is 2.19. The molecule has 0 aromatic heterocycles. The Morgan fingerprint density at radius 2 is 2.22 bits per heavy atom. The number of aliphatic hydroxyl groups excluding tert-OH is 1. The third kappa shape index (κ3) is 3.76. The number of benzene rings is 1. The highest BCUT2D eigenvalue weighted by Gasteiger charge is 2.14. The van der Waals surface area contributed by atoms with Gasteiger partial charge in [-0.3, -0.25) is 0 Å². The quantitative estimate of drug-likeness (QED) is 0.829. The lowest BCUT2D eigenvalue weighted by atomic mass is 10.1. The molecule has 0 bridgehead atoms. The largest absolute Gasteiger partial charge is 0.490 e. The van der Waals surface area contributed by atoms with E-state index in [-0.39, 0.29) is 12.7 Å². The summed E-state index contributed by atoms with van der Waals surface area (Å²) in [5, 5.41) is 8.72. The van der Waals surface area contributed by atoms with Crippen LogP contribution in [-0.2, 0) is 4.74 Å². The molecular weight excluding hydrogens is 228 g/mol. The summed E-state index contributed by atoms with van der Waals surface area (Å²) in [4.78, 5) is 0. The van der Waals surface area contributed by atoms with Gasteiger partial charge in [0.25, 0.3) is 0 Å². The van der Waals surface area contributed by atoms with Gasteiger partial charge in [-0.05, 0) is 31.4 Å². The van der Waals surface area contributed by atoms with Crippen LogP contribution in [0.5, 0.6) is 5.75 Å². The molecule has 3 nitrogen and oxygen atoms in total. The topological polar surface area (TPSA) is 38.7 Å². The molecule has 0 amide bonds. The predicted octanol–water partition coefficient (Wildman–Crippen LogP) is 1.98. The first-order chi connectivity index (χ1) is 8.90. The van der Waals surface area contributed by atoms with E-state index in [4.69, 9.17) is 14.6 Å². The van der Waals surface area contributed by atoms with E-state index in [0.717, 1.165) is 30.8 Å². The molecule has 3 heteroatoms. The van der Waals surface area contributed by atoms with Crippen molar-refractivity contribution in [3.05, 3.63) is 29.8 Å². The molecule has 2 rings (SSSR count). The van der Waals surface area contributed by atoms with Gasteiger partial charge in [0.2, 0.25) is 0 Å². The van der Waals surface area contributed by atoms with E-state index in [1.807, 2.05) is 24.3 Å². The van der Waals surface area contributed by atoms with Crippen molar-refractivity contribution in [3.63, 3.8) is 0 Å². The molecule has 1 aromatic carbocycles. The van der Waals surface area contributed by atoms with Crippen LogP contribution in [0.1, 0.15) is 24.8 Å². The maximum absolute atomic E-state index is 8.72. The predicted molar refractivity (Wildman–Crippen MR) is 69.5 cm³/mol. The first-order valence-corrected chi connectivity index (χ1v) is 6.33. The lowest BCUT2D eigenvalue weighted by molar-refractivity contribution is -0.0111. The first-order valence-electron chi connectivity index (χ1n) is 6.33. The van der Waals surface area contributed by atoms with Crippen LogP contribution in [0, 0.1) is 11.8 Å². The van der Waals surface area contributed by atoms with Crippen molar-refractivity contribution >= 4 is 0 Å². The van der Waals surface area contributed by atoms with E-state index in [1.54, 1.807) is 0 Å². The zero-order valence-corrected chi connectivity index (χ0v) is 10.4. The van der Waals surface area contributed by atoms with Crippen LogP contribution >= 0.6 is 0 Å². The minimum atomic E-state index is -0.139. The van der Waals surface area contributed by atoms with Gasteiger partial charge in [0.05, 0.1) is 11.7 Å². The van der Waals surface area contributed by atoms with E-state index < -0.39 is 0 Å². The summed E-state index contributed by atoms with van der Waals surface area (Å²) in [5.41, 5.74) is 0.808. The Morgan fingerprint density at radius 3 is 3.00 bits per heavy atom. The Bertz CT molecular complexity index is 425. The fraction of sp³-hybridized carbons (Fsp3) is 0.467. The van der Waals surface area contributed by atoms with Gasteiger partial charge < -0.3 is 14.6 Å². The van der Waals surface area contributed by atoms with Crippen LogP contribution in [0.2, 0.25) is 0 Å². The first kappa shape index (κ1) is 12.9. The second-order valence-corrected chi connectivity index (χ2v) is 4.26. The summed E-state index contributed by atoms with van der Waals surface area (Å²) in [6.07, 6.45) is 3.61. The molecule has 1 heterocycles. The summed E-state index contributed by atoms with van der Waals surface area (Å²) in [6.45, 7) is 1.26. The Kier molecular flexibility index (Phi) is 5.07. The summed E-state index contributed by atoms with van der Waals surface area (Å²) < 4.78 is 11.4. The fourth-order valence-corrected chi connectivity index (χ4v) is 1.95. The molecule has 96 valence electrons. The Labute approximate surface area is 108 Å². The van der Waals surface area contributed by atoms with Crippen LogP contribution in [0.3, 0.4) is 0 Å². The maximum atomic E-state index is 8.72. The Balaban J connectivity index is 1.95. The normalized spacial score (nSPS) is 18.8. The highest BCUT2D eigenvalue weighted by atomic mass is 16.5. The Morgan fingerprint density at radius 1 is 1.33 bits per heavy atom. The number of para-hydroxylation sites is 1. The van der Waals surface area contributed by atoms with Crippen LogP contribution in [0.4, 0.5) is 0 Å². The zero-order chi connectivity index (χ0) is 12.6. The molecule has 1 atom stereocenters. The van der Waals surface area contributed by atoms with Gasteiger partial charge in [0, 0.05) is 6.61 Å². The van der Waals surface area contributed by atoms with Crippen molar-refractivity contribution in [2.24, 2.45) is 0 Å². The smallest absolute Gasteiger partial charge is 0.135 e. The van der Waals surface area contributed by atoms with Crippen LogP contribution < -0.4 is 4.74 Å². The van der Waals surface area contributed by atoms with Crippen molar-refractivity contribution in [2.45, 2.75) is 25.4 Å². The SMILES string of the molecule is OCC#Cc1ccccc1OCC1CCCCO1. The lowest BCUT2D eigenvalue weighted by Gasteiger charge is -2.22. The second-order valence-electron chi connectivity index (χ2n) is 4.26. The average Bonchev–Trinajstić information content (AvgIpc) is 2.45. The van der Waals surface area contributed by atoms with Crippen LogP contribution in [0.25, 0.3) is 0 Å². The number of rotatable bonds is 3. The Hall–Kier alpha value is -1.50. The zero-order valence-electron chi connectivity index (χ0n) is 10.4. The molecular formula is C15H18O3. The van der Waals surface area contributed by atoms with Gasteiger partial charge in [-0.2, -0.15) is 0 Å². The molecule has 1 saturated heterocycles. The summed E-state index contributed by atoms with van der Waals surface area (Å²) in [7, 11) is 0. The molecule has 0 aliphatic carbocycles. The van der Waals surface area contributed by atoms with E-state index in [9.17, 15) is 0 Å². The molecule has 1 fully saturated rings. The molecule has 1 aliphatic heterocycles. The molecule has 1 unspecified atom stereocenters. The van der Waals surface area contributed by atoms with Crippen molar-refractivity contribution in [1.29, 1.82) is 0 Å². The third-order valence-corrected chi connectivity index (χ3v) is 2.89. The van der Waals surface area contributed by atoms with Crippen molar-refractivity contribution in [2.75, 3.05) is 19.8 Å². The number of hydrogen-bond donors (Lipinski definition) is 1. The van der Waals surface area contributed by atoms with E-state index in [2.05, 4.69) is 11.8 Å². The molecule has 1 aliphatic rings. The summed E-state index contributed by atoms with van der Waals surface area (Å²) >= 11 is 0. The number of aliphatic hydroxyl groups is 1. The number of ether oxygens (including phenoxy) is 2. The fourth-order valence-electron chi connectivity index (χ4n) is 1.95. The molecule has 0 radical (unpaired) electrons. The third-order valence-electron chi connectivity index (χ3n) is 2.89. The molecule has 0 spiro atoms. The minimum absolute atomic E-state index is 0.139. The molecule has 0 saturated carbocycles. The van der Waals surface area contributed by atoms with Gasteiger partial charge in [0.1, 0.15) is 19.0 Å². The summed E-state index contributed by atoms with van der Waals surface area (Å²) in [5.74, 6) is 6.28. The van der Waals surface area contributed by atoms with Crippen LogP contribution in [0.15, 0.2) is 24.3 Å². The van der Waals surface area contributed by atoms with E-state index >= 15 is 0 Å². The summed E-state index contributed by atoms with van der Waals surface area (Å²) in [6, 6.07) is 7.61. The van der Waals surface area contributed by atoms with Gasteiger partial charge in [0.15, 0.2) is 0 Å². The van der Waals surface area contributed by atoms with Gasteiger partial charge in [-0.1, -0.05) is 24.0 Å². The van der Waals surface area contributed by atoms with Gasteiger partial charge in [-0.15, -0.1) is 0 Å². The highest BCUT2D eigenvalue weighted by molar-refractivity contribution is 5.45. The lowest BCUT2D eigenvalue weighted by Crippen LogP contribution is -2.25. The number of hydrogen-bond acceptors (Lipinski definition) is 3. The second kappa shape index (κ2) is 7.05. The van der Waals surface area contributed by atoms with E-state index in [1.165, 1.54) is 6.42 Å². The van der Waals surface area contributed by atoms with Gasteiger partial charge in [-0.25, -0.2) is 0 Å².